The van der Waals surface area contributed by atoms with Crippen LogP contribution in [0.5, 0.6) is 0 Å². The summed E-state index contributed by atoms with van der Waals surface area (Å²) in [5.41, 5.74) is 0.502. The molecule has 1 aromatic carbocycles. The summed E-state index contributed by atoms with van der Waals surface area (Å²) in [6.07, 6.45) is 2.27. The zero-order valence-corrected chi connectivity index (χ0v) is 11.0. The normalized spacial score (nSPS) is 12.7. The number of halogens is 2. The topological polar surface area (TPSA) is 24.9 Å². The molecule has 1 N–H and O–H groups in total. The fraction of sp³-hybridized carbons (Fsp3) is 0.308. The number of aryl methyl sites for hydroxylation is 1. The minimum atomic E-state index is -0.550. The van der Waals surface area contributed by atoms with Crippen molar-refractivity contribution in [2.75, 3.05) is 7.05 Å². The van der Waals surface area contributed by atoms with E-state index >= 15 is 0 Å². The second kappa shape index (κ2) is 5.54. The van der Waals surface area contributed by atoms with Crippen LogP contribution in [-0.2, 0) is 6.42 Å². The Morgan fingerprint density at radius 1 is 1.39 bits per heavy atom. The van der Waals surface area contributed by atoms with Crippen LogP contribution in [0.25, 0.3) is 0 Å². The predicted octanol–water partition coefficient (Wildman–Crippen LogP) is 3.23. The first-order chi connectivity index (χ1) is 8.60. The SMILES string of the molecule is CNC(Cc1ccc(F)cc1F)c1cnc(C)s1. The average molecular weight is 268 g/mol. The summed E-state index contributed by atoms with van der Waals surface area (Å²) >= 11 is 1.58. The Labute approximate surface area is 109 Å². The number of likely N-dealkylation sites (N-methyl/N-ethyl adjacent to an activating group) is 1. The lowest BCUT2D eigenvalue weighted by atomic mass is 10.0. The Kier molecular flexibility index (Phi) is 4.04. The molecule has 0 bridgehead atoms. The van der Waals surface area contributed by atoms with E-state index in [-0.39, 0.29) is 6.04 Å². The summed E-state index contributed by atoms with van der Waals surface area (Å²) in [6, 6.07) is 3.68. The third-order valence-corrected chi connectivity index (χ3v) is 3.80. The molecule has 2 rings (SSSR count). The second-order valence-electron chi connectivity index (χ2n) is 4.06. The first kappa shape index (κ1) is 13.1. The van der Waals surface area contributed by atoms with Crippen LogP contribution in [-0.4, -0.2) is 12.0 Å². The highest BCUT2D eigenvalue weighted by atomic mass is 32.1. The van der Waals surface area contributed by atoms with Crippen LogP contribution in [0, 0.1) is 18.6 Å². The van der Waals surface area contributed by atoms with Gasteiger partial charge in [0, 0.05) is 23.2 Å². The number of hydrogen-bond acceptors (Lipinski definition) is 3. The molecule has 0 amide bonds. The molecule has 18 heavy (non-hydrogen) atoms. The number of thiazole rings is 1. The lowest BCUT2D eigenvalue weighted by Gasteiger charge is -2.14. The lowest BCUT2D eigenvalue weighted by Crippen LogP contribution is -2.18. The standard InChI is InChI=1S/C13H14F2N2S/c1-8-17-7-13(18-8)12(16-2)5-9-3-4-10(14)6-11(9)15/h3-4,6-7,12,16H,5H2,1-2H3. The van der Waals surface area contributed by atoms with Crippen LogP contribution >= 0.6 is 11.3 Å². The quantitative estimate of drug-likeness (QED) is 0.921. The van der Waals surface area contributed by atoms with E-state index in [0.29, 0.717) is 12.0 Å². The largest absolute Gasteiger partial charge is 0.312 e. The molecule has 0 fully saturated rings. The molecule has 2 nitrogen and oxygen atoms in total. The van der Waals surface area contributed by atoms with E-state index in [1.165, 1.54) is 12.1 Å². The third kappa shape index (κ3) is 2.91. The molecule has 2 aromatic rings. The van der Waals surface area contributed by atoms with Gasteiger partial charge in [-0.25, -0.2) is 13.8 Å². The minimum absolute atomic E-state index is 0.00355. The second-order valence-corrected chi connectivity index (χ2v) is 5.33. The van der Waals surface area contributed by atoms with Gasteiger partial charge in [-0.3, -0.25) is 0 Å². The minimum Gasteiger partial charge on any atom is -0.312 e. The number of rotatable bonds is 4. The molecule has 0 radical (unpaired) electrons. The molecule has 1 unspecified atom stereocenters. The summed E-state index contributed by atoms with van der Waals surface area (Å²) < 4.78 is 26.4. The Morgan fingerprint density at radius 3 is 2.72 bits per heavy atom. The number of aromatic nitrogens is 1. The fourth-order valence-corrected chi connectivity index (χ4v) is 2.69. The summed E-state index contributed by atoms with van der Waals surface area (Å²) in [4.78, 5) is 5.24. The van der Waals surface area contributed by atoms with Crippen molar-refractivity contribution in [1.82, 2.24) is 10.3 Å². The molecule has 96 valence electrons. The van der Waals surface area contributed by atoms with Crippen molar-refractivity contribution in [3.8, 4) is 0 Å². The molecule has 0 aliphatic carbocycles. The van der Waals surface area contributed by atoms with Crippen LogP contribution in [0.3, 0.4) is 0 Å². The van der Waals surface area contributed by atoms with E-state index < -0.39 is 11.6 Å². The number of nitrogens with one attached hydrogen (secondary N) is 1. The van der Waals surface area contributed by atoms with Gasteiger partial charge in [-0.1, -0.05) is 6.07 Å². The molecule has 0 saturated heterocycles. The summed E-state index contributed by atoms with van der Waals surface area (Å²) in [5.74, 6) is -1.05. The summed E-state index contributed by atoms with van der Waals surface area (Å²) in [6.45, 7) is 1.93. The predicted molar refractivity (Wildman–Crippen MR) is 68.7 cm³/mol. The van der Waals surface area contributed by atoms with Crippen molar-refractivity contribution in [3.63, 3.8) is 0 Å². The van der Waals surface area contributed by atoms with Crippen LogP contribution in [0.4, 0.5) is 8.78 Å². The fourth-order valence-electron chi connectivity index (χ4n) is 1.79. The van der Waals surface area contributed by atoms with E-state index in [1.54, 1.807) is 17.5 Å². The molecule has 0 aliphatic rings. The number of benzene rings is 1. The van der Waals surface area contributed by atoms with Crippen molar-refractivity contribution >= 4 is 11.3 Å². The maximum Gasteiger partial charge on any atom is 0.129 e. The van der Waals surface area contributed by atoms with Crippen molar-refractivity contribution in [1.29, 1.82) is 0 Å². The van der Waals surface area contributed by atoms with Gasteiger partial charge in [0.15, 0.2) is 0 Å². The first-order valence-electron chi connectivity index (χ1n) is 5.63. The van der Waals surface area contributed by atoms with Crippen LogP contribution in [0.1, 0.15) is 21.5 Å². The first-order valence-corrected chi connectivity index (χ1v) is 6.45. The van der Waals surface area contributed by atoms with Crippen molar-refractivity contribution in [3.05, 3.63) is 51.5 Å². The highest BCUT2D eigenvalue weighted by molar-refractivity contribution is 7.11. The van der Waals surface area contributed by atoms with Crippen molar-refractivity contribution in [2.45, 2.75) is 19.4 Å². The van der Waals surface area contributed by atoms with Gasteiger partial charge in [-0.05, 0) is 32.0 Å². The van der Waals surface area contributed by atoms with Crippen molar-refractivity contribution < 1.29 is 8.78 Å². The lowest BCUT2D eigenvalue weighted by molar-refractivity contribution is 0.544. The Bertz CT molecular complexity index is 540. The van der Waals surface area contributed by atoms with Crippen LogP contribution < -0.4 is 5.32 Å². The number of nitrogens with zero attached hydrogens (tertiary/aromatic N) is 1. The average Bonchev–Trinajstić information content (AvgIpc) is 2.75. The van der Waals surface area contributed by atoms with Gasteiger partial charge in [0.25, 0.3) is 0 Å². The van der Waals surface area contributed by atoms with E-state index in [4.69, 9.17) is 0 Å². The molecule has 1 heterocycles. The van der Waals surface area contributed by atoms with Gasteiger partial charge < -0.3 is 5.32 Å². The number of hydrogen-bond donors (Lipinski definition) is 1. The van der Waals surface area contributed by atoms with E-state index in [0.717, 1.165) is 16.0 Å². The highest BCUT2D eigenvalue weighted by Crippen LogP contribution is 2.24. The third-order valence-electron chi connectivity index (χ3n) is 2.77. The van der Waals surface area contributed by atoms with E-state index in [2.05, 4.69) is 10.3 Å². The zero-order valence-electron chi connectivity index (χ0n) is 10.2. The zero-order chi connectivity index (χ0) is 13.1. The monoisotopic (exact) mass is 268 g/mol. The Balaban J connectivity index is 2.20. The molecule has 0 saturated carbocycles. The molecule has 0 aliphatic heterocycles. The molecule has 1 atom stereocenters. The van der Waals surface area contributed by atoms with Gasteiger partial charge in [0.2, 0.25) is 0 Å². The molecule has 1 aromatic heterocycles. The summed E-state index contributed by atoms with van der Waals surface area (Å²) in [7, 11) is 1.82. The van der Waals surface area contributed by atoms with Crippen LogP contribution in [0.2, 0.25) is 0 Å². The molecule has 5 heteroatoms. The van der Waals surface area contributed by atoms with Gasteiger partial charge >= 0.3 is 0 Å². The van der Waals surface area contributed by atoms with Gasteiger partial charge in [-0.15, -0.1) is 11.3 Å². The van der Waals surface area contributed by atoms with Gasteiger partial charge in [0.1, 0.15) is 11.6 Å². The maximum atomic E-state index is 13.6. The maximum absolute atomic E-state index is 13.6. The molecule has 0 spiro atoms. The molecular formula is C13H14F2N2S. The van der Waals surface area contributed by atoms with E-state index in [9.17, 15) is 8.78 Å². The van der Waals surface area contributed by atoms with Gasteiger partial charge in [-0.2, -0.15) is 0 Å². The van der Waals surface area contributed by atoms with Crippen LogP contribution in [0.15, 0.2) is 24.4 Å². The van der Waals surface area contributed by atoms with Crippen molar-refractivity contribution in [2.24, 2.45) is 0 Å². The molecular weight excluding hydrogens is 254 g/mol. The van der Waals surface area contributed by atoms with E-state index in [1.807, 2.05) is 14.0 Å². The summed E-state index contributed by atoms with van der Waals surface area (Å²) in [5, 5.41) is 4.11. The Hall–Kier alpha value is -1.33. The smallest absolute Gasteiger partial charge is 0.129 e. The van der Waals surface area contributed by atoms with Gasteiger partial charge in [0.05, 0.1) is 5.01 Å². The Morgan fingerprint density at radius 2 is 2.17 bits per heavy atom. The highest BCUT2D eigenvalue weighted by Gasteiger charge is 2.15.